The summed E-state index contributed by atoms with van der Waals surface area (Å²) in [6, 6.07) is 22.2. The van der Waals surface area contributed by atoms with E-state index in [0.717, 1.165) is 21.9 Å². The van der Waals surface area contributed by atoms with Crippen LogP contribution in [-0.2, 0) is 22.6 Å². The van der Waals surface area contributed by atoms with Crippen molar-refractivity contribution in [3.63, 3.8) is 0 Å². The molecule has 1 heterocycles. The molecule has 0 saturated heterocycles. The zero-order valence-electron chi connectivity index (χ0n) is 17.3. The fourth-order valence-electron chi connectivity index (χ4n) is 3.63. The molecule has 1 atom stereocenters. The van der Waals surface area contributed by atoms with Crippen LogP contribution < -0.4 is 11.1 Å². The predicted molar refractivity (Wildman–Crippen MR) is 121 cm³/mol. The molecule has 3 N–H and O–H groups in total. The van der Waals surface area contributed by atoms with Crippen molar-refractivity contribution in [1.82, 2.24) is 14.9 Å². The van der Waals surface area contributed by atoms with E-state index in [0.29, 0.717) is 6.54 Å². The molecular weight excluding hydrogens is 404 g/mol. The summed E-state index contributed by atoms with van der Waals surface area (Å²) in [5.41, 5.74) is 7.30. The summed E-state index contributed by atoms with van der Waals surface area (Å²) in [7, 11) is 0. The molecule has 7 nitrogen and oxygen atoms in total. The standard InChI is InChI=1S/C25H22N4O3/c26-24(31)23(30)21(13-17-6-2-1-3-7-17)28-25(32)22-14-27-16-29(22)15-18-10-11-19-8-4-5-9-20(19)12-18/h1-12,14,16,21H,13,15H2,(H2,26,31)(H,28,32). The molecule has 4 aromatic rings. The molecule has 0 fully saturated rings. The average Bonchev–Trinajstić information content (AvgIpc) is 3.27. The summed E-state index contributed by atoms with van der Waals surface area (Å²) in [6.07, 6.45) is 3.16. The van der Waals surface area contributed by atoms with Gasteiger partial charge in [-0.1, -0.05) is 66.7 Å². The van der Waals surface area contributed by atoms with Crippen LogP contribution in [0.4, 0.5) is 0 Å². The molecule has 0 saturated carbocycles. The number of fused-ring (bicyclic) bond motifs is 1. The predicted octanol–water partition coefficient (Wildman–Crippen LogP) is 2.48. The number of nitrogens with two attached hydrogens (primary N) is 1. The summed E-state index contributed by atoms with van der Waals surface area (Å²) in [5, 5.41) is 4.89. The third-order valence-corrected chi connectivity index (χ3v) is 5.26. The highest BCUT2D eigenvalue weighted by Crippen LogP contribution is 2.17. The maximum absolute atomic E-state index is 13.0. The molecule has 2 amide bonds. The molecule has 1 aromatic heterocycles. The summed E-state index contributed by atoms with van der Waals surface area (Å²) >= 11 is 0. The van der Waals surface area contributed by atoms with E-state index in [1.165, 1.54) is 6.20 Å². The zero-order valence-corrected chi connectivity index (χ0v) is 17.3. The van der Waals surface area contributed by atoms with Gasteiger partial charge in [-0.3, -0.25) is 14.4 Å². The first kappa shape index (κ1) is 21.0. The fraction of sp³-hybridized carbons (Fsp3) is 0.120. The lowest BCUT2D eigenvalue weighted by Gasteiger charge is -2.17. The minimum atomic E-state index is -1.09. The number of ketones is 1. The molecule has 32 heavy (non-hydrogen) atoms. The van der Waals surface area contributed by atoms with Crippen molar-refractivity contribution in [2.75, 3.05) is 0 Å². The summed E-state index contributed by atoms with van der Waals surface area (Å²) in [6.45, 7) is 0.431. The quantitative estimate of drug-likeness (QED) is 0.422. The Kier molecular flexibility index (Phi) is 6.07. The molecule has 3 aromatic carbocycles. The van der Waals surface area contributed by atoms with E-state index in [1.807, 2.05) is 66.7 Å². The monoisotopic (exact) mass is 426 g/mol. The van der Waals surface area contributed by atoms with Gasteiger partial charge in [0.25, 0.3) is 11.8 Å². The van der Waals surface area contributed by atoms with Gasteiger partial charge in [-0.15, -0.1) is 0 Å². The minimum Gasteiger partial charge on any atom is -0.363 e. The van der Waals surface area contributed by atoms with Crippen LogP contribution in [0.2, 0.25) is 0 Å². The second kappa shape index (κ2) is 9.26. The van der Waals surface area contributed by atoms with Gasteiger partial charge in [0.2, 0.25) is 5.78 Å². The van der Waals surface area contributed by atoms with Crippen LogP contribution in [0.5, 0.6) is 0 Å². The number of imidazole rings is 1. The van der Waals surface area contributed by atoms with E-state index < -0.39 is 23.6 Å². The molecule has 0 aliphatic rings. The first-order chi connectivity index (χ1) is 15.5. The van der Waals surface area contributed by atoms with Gasteiger partial charge in [-0.2, -0.15) is 0 Å². The molecule has 0 aliphatic carbocycles. The third kappa shape index (κ3) is 4.73. The van der Waals surface area contributed by atoms with Crippen LogP contribution in [0.3, 0.4) is 0 Å². The Morgan fingerprint density at radius 2 is 1.62 bits per heavy atom. The first-order valence-electron chi connectivity index (χ1n) is 10.2. The SMILES string of the molecule is NC(=O)C(=O)C(Cc1ccccc1)NC(=O)c1cncn1Cc1ccc2ccccc2c1. The fourth-order valence-corrected chi connectivity index (χ4v) is 3.63. The highest BCUT2D eigenvalue weighted by molar-refractivity contribution is 6.38. The molecule has 0 bridgehead atoms. The molecule has 0 spiro atoms. The van der Waals surface area contributed by atoms with E-state index in [9.17, 15) is 14.4 Å². The number of nitrogens with zero attached hydrogens (tertiary/aromatic N) is 2. The molecular formula is C25H22N4O3. The maximum atomic E-state index is 13.0. The van der Waals surface area contributed by atoms with Crippen molar-refractivity contribution >= 4 is 28.4 Å². The molecule has 4 rings (SSSR count). The highest BCUT2D eigenvalue weighted by Gasteiger charge is 2.26. The highest BCUT2D eigenvalue weighted by atomic mass is 16.2. The Bertz CT molecular complexity index is 1280. The largest absolute Gasteiger partial charge is 0.363 e. The number of rotatable bonds is 8. The topological polar surface area (TPSA) is 107 Å². The number of aromatic nitrogens is 2. The van der Waals surface area contributed by atoms with Gasteiger partial charge in [-0.25, -0.2) is 4.98 Å². The first-order valence-corrected chi connectivity index (χ1v) is 10.2. The van der Waals surface area contributed by atoms with Crippen molar-refractivity contribution in [3.05, 3.63) is 102 Å². The Hall–Kier alpha value is -4.26. The third-order valence-electron chi connectivity index (χ3n) is 5.26. The lowest BCUT2D eigenvalue weighted by molar-refractivity contribution is -0.137. The van der Waals surface area contributed by atoms with E-state index in [2.05, 4.69) is 16.4 Å². The van der Waals surface area contributed by atoms with Gasteiger partial charge in [0.15, 0.2) is 0 Å². The van der Waals surface area contributed by atoms with E-state index in [-0.39, 0.29) is 12.1 Å². The number of benzene rings is 3. The van der Waals surface area contributed by atoms with Crippen LogP contribution >= 0.6 is 0 Å². The second-order valence-corrected chi connectivity index (χ2v) is 7.53. The lowest BCUT2D eigenvalue weighted by atomic mass is 10.0. The lowest BCUT2D eigenvalue weighted by Crippen LogP contribution is -2.47. The number of carbonyl (C=O) groups is 3. The molecule has 1 unspecified atom stereocenters. The number of hydrogen-bond acceptors (Lipinski definition) is 4. The summed E-state index contributed by atoms with van der Waals surface area (Å²) in [4.78, 5) is 40.9. The van der Waals surface area contributed by atoms with Crippen molar-refractivity contribution in [1.29, 1.82) is 0 Å². The van der Waals surface area contributed by atoms with Crippen LogP contribution in [0, 0.1) is 0 Å². The van der Waals surface area contributed by atoms with Crippen molar-refractivity contribution in [3.8, 4) is 0 Å². The van der Waals surface area contributed by atoms with Crippen molar-refractivity contribution < 1.29 is 14.4 Å². The smallest absolute Gasteiger partial charge is 0.287 e. The van der Waals surface area contributed by atoms with Gasteiger partial charge in [-0.05, 0) is 28.0 Å². The van der Waals surface area contributed by atoms with Gasteiger partial charge < -0.3 is 15.6 Å². The van der Waals surface area contributed by atoms with Crippen LogP contribution in [0.1, 0.15) is 21.6 Å². The zero-order chi connectivity index (χ0) is 22.5. The average molecular weight is 426 g/mol. The molecule has 7 heteroatoms. The van der Waals surface area contributed by atoms with Crippen LogP contribution in [0.25, 0.3) is 10.8 Å². The Balaban J connectivity index is 1.54. The number of primary amides is 1. The Labute approximate surface area is 184 Å². The van der Waals surface area contributed by atoms with E-state index >= 15 is 0 Å². The van der Waals surface area contributed by atoms with Gasteiger partial charge in [0.05, 0.1) is 12.5 Å². The van der Waals surface area contributed by atoms with Crippen molar-refractivity contribution in [2.45, 2.75) is 19.0 Å². The minimum absolute atomic E-state index is 0.160. The van der Waals surface area contributed by atoms with Crippen LogP contribution in [-0.4, -0.2) is 33.2 Å². The number of nitrogens with one attached hydrogen (secondary N) is 1. The maximum Gasteiger partial charge on any atom is 0.287 e. The van der Waals surface area contributed by atoms with Crippen molar-refractivity contribution in [2.24, 2.45) is 5.73 Å². The summed E-state index contributed by atoms with van der Waals surface area (Å²) in [5.74, 6) is -2.43. The normalized spacial score (nSPS) is 11.8. The van der Waals surface area contributed by atoms with Gasteiger partial charge in [0.1, 0.15) is 11.7 Å². The van der Waals surface area contributed by atoms with E-state index in [1.54, 1.807) is 10.9 Å². The van der Waals surface area contributed by atoms with Gasteiger partial charge >= 0.3 is 0 Å². The second-order valence-electron chi connectivity index (χ2n) is 7.53. The Morgan fingerprint density at radius 1 is 0.906 bits per heavy atom. The molecule has 160 valence electrons. The molecule has 0 aliphatic heterocycles. The number of carbonyl (C=O) groups excluding carboxylic acids is 3. The van der Waals surface area contributed by atoms with Crippen LogP contribution in [0.15, 0.2) is 85.3 Å². The summed E-state index contributed by atoms with van der Waals surface area (Å²) < 4.78 is 1.70. The number of amides is 2. The Morgan fingerprint density at radius 3 is 2.38 bits per heavy atom. The molecule has 0 radical (unpaired) electrons. The number of hydrogen-bond donors (Lipinski definition) is 2. The van der Waals surface area contributed by atoms with Gasteiger partial charge in [0, 0.05) is 13.0 Å². The van der Waals surface area contributed by atoms with E-state index in [4.69, 9.17) is 5.73 Å². The number of Topliss-reactive ketones (excluding diaryl/α,β-unsaturated/α-hetero) is 1.